The van der Waals surface area contributed by atoms with Crippen LogP contribution in [0.25, 0.3) is 10.9 Å². The Labute approximate surface area is 240 Å². The number of hydrogen-bond acceptors (Lipinski definition) is 6. The van der Waals surface area contributed by atoms with Crippen LogP contribution < -0.4 is 10.6 Å². The monoisotopic (exact) mass is 577 g/mol. The number of aromatic nitrogens is 1. The zero-order valence-corrected chi connectivity index (χ0v) is 24.3. The number of sulfonamides is 1. The standard InChI is InChI=1S/C30H35N5O5S/c1-20(2)15-25(32-29(37)17-23-16-21-9-4-6-12-26(21)34(23)3)30(38)33-24-11-8-14-35(19-27(24)36)41(39,40)28-13-7-5-10-22(28)18-31/h4-7,9-10,12-13,16,20,24-25H,8,11,14-15,17,19H2,1-3H3,(H,32,37)(H,33,38)/t24-,25+/m1/s1. The summed E-state index contributed by atoms with van der Waals surface area (Å²) in [5.74, 6) is -1.14. The first-order valence-electron chi connectivity index (χ1n) is 13.7. The van der Waals surface area contributed by atoms with E-state index < -0.39 is 40.3 Å². The number of rotatable bonds is 9. The molecule has 1 aliphatic rings. The molecule has 1 aromatic heterocycles. The molecule has 1 fully saturated rings. The van der Waals surface area contributed by atoms with E-state index in [-0.39, 0.29) is 41.7 Å². The first-order chi connectivity index (χ1) is 19.5. The van der Waals surface area contributed by atoms with E-state index in [2.05, 4.69) is 10.6 Å². The SMILES string of the molecule is CC(C)C[C@H](NC(=O)Cc1cc2ccccc2n1C)C(=O)N[C@@H]1CCCN(S(=O)(=O)c2ccccc2C#N)CC1=O. The summed E-state index contributed by atoms with van der Waals surface area (Å²) in [6, 6.07) is 15.8. The predicted octanol–water partition coefficient (Wildman–Crippen LogP) is 2.66. The normalized spacial score (nSPS) is 17.1. The minimum Gasteiger partial charge on any atom is -0.347 e. The van der Waals surface area contributed by atoms with E-state index in [0.717, 1.165) is 20.9 Å². The molecule has 10 nitrogen and oxygen atoms in total. The Bertz CT molecular complexity index is 1600. The number of carbonyl (C=O) groups is 3. The van der Waals surface area contributed by atoms with Crippen molar-refractivity contribution in [1.29, 1.82) is 5.26 Å². The van der Waals surface area contributed by atoms with Crippen LogP contribution in [-0.2, 0) is 37.9 Å². The molecule has 3 aromatic rings. The topological polar surface area (TPSA) is 141 Å². The van der Waals surface area contributed by atoms with E-state index in [1.807, 2.05) is 61.9 Å². The number of para-hydroxylation sites is 1. The largest absolute Gasteiger partial charge is 0.347 e. The number of nitriles is 1. The zero-order valence-electron chi connectivity index (χ0n) is 23.5. The summed E-state index contributed by atoms with van der Waals surface area (Å²) in [6.45, 7) is 3.54. The molecule has 0 saturated carbocycles. The summed E-state index contributed by atoms with van der Waals surface area (Å²) in [7, 11) is -2.19. The second-order valence-corrected chi connectivity index (χ2v) is 12.7. The molecular formula is C30H35N5O5S. The highest BCUT2D eigenvalue weighted by molar-refractivity contribution is 7.89. The van der Waals surface area contributed by atoms with Crippen LogP contribution in [0.4, 0.5) is 0 Å². The van der Waals surface area contributed by atoms with E-state index in [4.69, 9.17) is 0 Å². The summed E-state index contributed by atoms with van der Waals surface area (Å²) in [5.41, 5.74) is 1.82. The molecule has 11 heteroatoms. The fourth-order valence-corrected chi connectivity index (χ4v) is 6.76. The molecule has 216 valence electrons. The van der Waals surface area contributed by atoms with Crippen molar-refractivity contribution in [2.75, 3.05) is 13.1 Å². The average molecular weight is 578 g/mol. The van der Waals surface area contributed by atoms with Gasteiger partial charge in [0.15, 0.2) is 5.78 Å². The van der Waals surface area contributed by atoms with Crippen LogP contribution in [0.15, 0.2) is 59.5 Å². The van der Waals surface area contributed by atoms with Gasteiger partial charge < -0.3 is 15.2 Å². The van der Waals surface area contributed by atoms with Crippen LogP contribution in [0.2, 0.25) is 0 Å². The Hall–Kier alpha value is -4.01. The van der Waals surface area contributed by atoms with Gasteiger partial charge in [0.25, 0.3) is 0 Å². The Morgan fingerprint density at radius 1 is 1.12 bits per heavy atom. The molecule has 0 spiro atoms. The molecule has 0 bridgehead atoms. The molecule has 1 saturated heterocycles. The molecule has 2 amide bonds. The quantitative estimate of drug-likeness (QED) is 0.401. The van der Waals surface area contributed by atoms with E-state index in [0.29, 0.717) is 12.8 Å². The maximum atomic E-state index is 13.3. The molecule has 2 N–H and O–H groups in total. The van der Waals surface area contributed by atoms with Gasteiger partial charge in [-0.05, 0) is 54.8 Å². The fraction of sp³-hybridized carbons (Fsp3) is 0.400. The number of benzene rings is 2. The van der Waals surface area contributed by atoms with Gasteiger partial charge in [0, 0.05) is 24.8 Å². The summed E-state index contributed by atoms with van der Waals surface area (Å²) < 4.78 is 29.5. The van der Waals surface area contributed by atoms with Gasteiger partial charge in [-0.1, -0.05) is 44.2 Å². The Kier molecular flexibility index (Phi) is 9.25. The minimum absolute atomic E-state index is 0.00441. The molecular weight excluding hydrogens is 542 g/mol. The molecule has 2 atom stereocenters. The maximum Gasteiger partial charge on any atom is 0.244 e. The number of nitrogens with one attached hydrogen (secondary N) is 2. The second-order valence-electron chi connectivity index (χ2n) is 10.8. The molecule has 0 aliphatic carbocycles. The first-order valence-corrected chi connectivity index (χ1v) is 15.1. The van der Waals surface area contributed by atoms with Crippen molar-refractivity contribution < 1.29 is 22.8 Å². The van der Waals surface area contributed by atoms with Crippen LogP contribution in [0.5, 0.6) is 0 Å². The van der Waals surface area contributed by atoms with Crippen molar-refractivity contribution in [1.82, 2.24) is 19.5 Å². The lowest BCUT2D eigenvalue weighted by atomic mass is 10.0. The van der Waals surface area contributed by atoms with Crippen molar-refractivity contribution in [2.24, 2.45) is 13.0 Å². The van der Waals surface area contributed by atoms with E-state index >= 15 is 0 Å². The number of ketones is 1. The Morgan fingerprint density at radius 3 is 2.54 bits per heavy atom. The van der Waals surface area contributed by atoms with E-state index in [1.165, 1.54) is 18.2 Å². The summed E-state index contributed by atoms with van der Waals surface area (Å²) in [4.78, 5) is 39.4. The maximum absolute atomic E-state index is 13.3. The summed E-state index contributed by atoms with van der Waals surface area (Å²) >= 11 is 0. The number of nitrogens with zero attached hydrogens (tertiary/aromatic N) is 3. The molecule has 2 aromatic carbocycles. The third kappa shape index (κ3) is 6.84. The van der Waals surface area contributed by atoms with Crippen LogP contribution in [-0.4, -0.2) is 60.1 Å². The lowest BCUT2D eigenvalue weighted by Gasteiger charge is -2.24. The van der Waals surface area contributed by atoms with Gasteiger partial charge >= 0.3 is 0 Å². The third-order valence-corrected chi connectivity index (χ3v) is 9.22. The van der Waals surface area contributed by atoms with Crippen molar-refractivity contribution in [3.8, 4) is 6.07 Å². The Balaban J connectivity index is 1.43. The number of aryl methyl sites for hydroxylation is 1. The fourth-order valence-electron chi connectivity index (χ4n) is 5.18. The zero-order chi connectivity index (χ0) is 29.7. The Morgan fingerprint density at radius 2 is 1.83 bits per heavy atom. The lowest BCUT2D eigenvalue weighted by molar-refractivity contribution is -0.131. The summed E-state index contributed by atoms with van der Waals surface area (Å²) in [6.07, 6.45) is 1.06. The minimum atomic E-state index is -4.09. The van der Waals surface area contributed by atoms with Crippen LogP contribution in [0.3, 0.4) is 0 Å². The smallest absolute Gasteiger partial charge is 0.244 e. The van der Waals surface area contributed by atoms with Gasteiger partial charge in [0.2, 0.25) is 21.8 Å². The highest BCUT2D eigenvalue weighted by Crippen LogP contribution is 2.23. The van der Waals surface area contributed by atoms with Crippen LogP contribution in [0, 0.1) is 17.2 Å². The number of amides is 2. The van der Waals surface area contributed by atoms with Gasteiger partial charge in [-0.2, -0.15) is 9.57 Å². The molecule has 0 unspecified atom stereocenters. The summed E-state index contributed by atoms with van der Waals surface area (Å²) in [5, 5.41) is 16.0. The van der Waals surface area contributed by atoms with Crippen molar-refractivity contribution in [3.05, 3.63) is 65.9 Å². The number of hydrogen-bond donors (Lipinski definition) is 2. The van der Waals surface area contributed by atoms with E-state index in [1.54, 1.807) is 6.07 Å². The van der Waals surface area contributed by atoms with Crippen molar-refractivity contribution in [3.63, 3.8) is 0 Å². The van der Waals surface area contributed by atoms with Gasteiger partial charge in [0.1, 0.15) is 12.1 Å². The molecule has 2 heterocycles. The van der Waals surface area contributed by atoms with Crippen molar-refractivity contribution in [2.45, 2.75) is 56.5 Å². The van der Waals surface area contributed by atoms with E-state index in [9.17, 15) is 28.1 Å². The number of Topliss-reactive ketones (excluding diaryl/α,β-unsaturated/α-hetero) is 1. The van der Waals surface area contributed by atoms with Gasteiger partial charge in [-0.3, -0.25) is 14.4 Å². The molecule has 0 radical (unpaired) electrons. The second kappa shape index (κ2) is 12.7. The first kappa shape index (κ1) is 30.0. The third-order valence-electron chi connectivity index (χ3n) is 7.31. The highest BCUT2D eigenvalue weighted by atomic mass is 32.2. The van der Waals surface area contributed by atoms with Crippen molar-refractivity contribution >= 4 is 38.5 Å². The molecule has 1 aliphatic heterocycles. The predicted molar refractivity (Wildman–Crippen MR) is 154 cm³/mol. The lowest BCUT2D eigenvalue weighted by Crippen LogP contribution is -2.53. The van der Waals surface area contributed by atoms with Crippen LogP contribution in [0.1, 0.15) is 44.4 Å². The molecule has 41 heavy (non-hydrogen) atoms. The highest BCUT2D eigenvalue weighted by Gasteiger charge is 2.35. The van der Waals surface area contributed by atoms with Crippen LogP contribution >= 0.6 is 0 Å². The molecule has 4 rings (SSSR count). The van der Waals surface area contributed by atoms with Gasteiger partial charge in [0.05, 0.1) is 29.5 Å². The number of carbonyl (C=O) groups excluding carboxylic acids is 3. The van der Waals surface area contributed by atoms with Gasteiger partial charge in [-0.25, -0.2) is 8.42 Å². The number of fused-ring (bicyclic) bond motifs is 1. The van der Waals surface area contributed by atoms with Gasteiger partial charge in [-0.15, -0.1) is 0 Å². The average Bonchev–Trinajstić information content (AvgIpc) is 3.12.